The van der Waals surface area contributed by atoms with E-state index in [-0.39, 0.29) is 0 Å². The van der Waals surface area contributed by atoms with Crippen LogP contribution in [0.5, 0.6) is 0 Å². The molecule has 0 saturated carbocycles. The molecular weight excluding hydrogens is 218 g/mol. The Morgan fingerprint density at radius 2 is 2.12 bits per heavy atom. The van der Waals surface area contributed by atoms with Crippen molar-refractivity contribution < 1.29 is 4.52 Å². The van der Waals surface area contributed by atoms with Crippen molar-refractivity contribution in [2.45, 2.75) is 13.8 Å². The molecule has 0 unspecified atom stereocenters. The zero-order chi connectivity index (χ0) is 12.0. The molecule has 0 atom stereocenters. The van der Waals surface area contributed by atoms with Crippen molar-refractivity contribution >= 4 is 16.7 Å². The minimum absolute atomic E-state index is 0.609. The van der Waals surface area contributed by atoms with Crippen LogP contribution < -0.4 is 5.73 Å². The summed E-state index contributed by atoms with van der Waals surface area (Å²) in [5.41, 5.74) is 9.76. The van der Waals surface area contributed by atoms with Crippen LogP contribution in [0.1, 0.15) is 11.3 Å². The first-order valence-corrected chi connectivity index (χ1v) is 5.19. The topological polar surface area (TPSA) is 82.8 Å². The molecule has 86 valence electrons. The third-order valence-corrected chi connectivity index (χ3v) is 2.74. The summed E-state index contributed by atoms with van der Waals surface area (Å²) in [6, 6.07) is 1.73. The third-order valence-electron chi connectivity index (χ3n) is 2.74. The molecule has 0 bridgehead atoms. The van der Waals surface area contributed by atoms with Crippen LogP contribution in [0.15, 0.2) is 23.0 Å². The predicted octanol–water partition coefficient (Wildman–Crippen LogP) is 1.61. The fourth-order valence-corrected chi connectivity index (χ4v) is 1.81. The van der Waals surface area contributed by atoms with Crippen molar-refractivity contribution in [3.8, 4) is 5.82 Å². The largest absolute Gasteiger partial charge is 0.397 e. The minimum Gasteiger partial charge on any atom is -0.397 e. The van der Waals surface area contributed by atoms with Gasteiger partial charge in [0.25, 0.3) is 0 Å². The maximum atomic E-state index is 5.87. The lowest BCUT2D eigenvalue weighted by molar-refractivity contribution is 0.414. The molecule has 0 spiro atoms. The smallest absolute Gasteiger partial charge is 0.199 e. The highest BCUT2D eigenvalue weighted by Gasteiger charge is 2.15. The second kappa shape index (κ2) is 3.31. The van der Waals surface area contributed by atoms with E-state index in [2.05, 4.69) is 15.2 Å². The second-order valence-corrected chi connectivity index (χ2v) is 3.92. The molecule has 0 fully saturated rings. The Morgan fingerprint density at radius 1 is 1.29 bits per heavy atom. The first kappa shape index (κ1) is 9.83. The van der Waals surface area contributed by atoms with Crippen molar-refractivity contribution in [3.63, 3.8) is 0 Å². The number of nitrogen functional groups attached to an aromatic ring is 1. The van der Waals surface area contributed by atoms with Crippen molar-refractivity contribution in [2.75, 3.05) is 5.73 Å². The molecule has 0 amide bonds. The van der Waals surface area contributed by atoms with Crippen LogP contribution in [0.4, 0.5) is 5.69 Å². The van der Waals surface area contributed by atoms with Gasteiger partial charge in [-0.3, -0.25) is 4.98 Å². The Kier molecular flexibility index (Phi) is 1.91. The summed E-state index contributed by atoms with van der Waals surface area (Å²) >= 11 is 0. The molecule has 2 N–H and O–H groups in total. The number of aryl methyl sites for hydroxylation is 2. The molecule has 0 saturated heterocycles. The van der Waals surface area contributed by atoms with Crippen LogP contribution in [0.25, 0.3) is 16.9 Å². The fourth-order valence-electron chi connectivity index (χ4n) is 1.81. The van der Waals surface area contributed by atoms with Crippen LogP contribution in [0.2, 0.25) is 0 Å². The fraction of sp³-hybridized carbons (Fsp3) is 0.182. The van der Waals surface area contributed by atoms with Gasteiger partial charge >= 0.3 is 0 Å². The van der Waals surface area contributed by atoms with Crippen LogP contribution in [-0.4, -0.2) is 19.9 Å². The molecule has 3 rings (SSSR count). The Bertz CT molecular complexity index is 697. The van der Waals surface area contributed by atoms with E-state index in [0.717, 1.165) is 16.8 Å². The molecule has 3 aromatic rings. The zero-order valence-electron chi connectivity index (χ0n) is 9.51. The van der Waals surface area contributed by atoms with E-state index >= 15 is 0 Å². The maximum absolute atomic E-state index is 5.87. The number of hydrogen-bond acceptors (Lipinski definition) is 5. The molecule has 3 aromatic heterocycles. The van der Waals surface area contributed by atoms with Gasteiger partial charge in [-0.25, -0.2) is 4.68 Å². The van der Waals surface area contributed by atoms with Gasteiger partial charge in [0.2, 0.25) is 0 Å². The van der Waals surface area contributed by atoms with Crippen LogP contribution in [0, 0.1) is 13.8 Å². The average molecular weight is 229 g/mol. The molecule has 0 aliphatic rings. The summed E-state index contributed by atoms with van der Waals surface area (Å²) in [5, 5.41) is 8.35. The summed E-state index contributed by atoms with van der Waals surface area (Å²) in [6.07, 6.45) is 3.25. The van der Waals surface area contributed by atoms with Gasteiger partial charge in [-0.05, 0) is 19.9 Å². The molecule has 17 heavy (non-hydrogen) atoms. The van der Waals surface area contributed by atoms with Crippen LogP contribution >= 0.6 is 0 Å². The first-order chi connectivity index (χ1) is 8.18. The maximum Gasteiger partial charge on any atom is 0.199 e. The Hall–Kier alpha value is -2.37. The van der Waals surface area contributed by atoms with E-state index in [4.69, 9.17) is 10.3 Å². The molecule has 0 aliphatic heterocycles. The van der Waals surface area contributed by atoms with E-state index in [1.807, 2.05) is 13.8 Å². The van der Waals surface area contributed by atoms with Crippen LogP contribution in [0.3, 0.4) is 0 Å². The highest BCUT2D eigenvalue weighted by molar-refractivity contribution is 5.88. The van der Waals surface area contributed by atoms with Gasteiger partial charge in [0.1, 0.15) is 17.3 Å². The minimum atomic E-state index is 0.609. The van der Waals surface area contributed by atoms with Gasteiger partial charge in [0.15, 0.2) is 5.82 Å². The Morgan fingerprint density at radius 3 is 2.76 bits per heavy atom. The first-order valence-electron chi connectivity index (χ1n) is 5.19. The normalized spacial score (nSPS) is 11.2. The number of anilines is 1. The summed E-state index contributed by atoms with van der Waals surface area (Å²) in [7, 11) is 0. The molecule has 3 heterocycles. The molecule has 0 aliphatic carbocycles. The van der Waals surface area contributed by atoms with Gasteiger partial charge in [-0.15, -0.1) is 0 Å². The second-order valence-electron chi connectivity index (χ2n) is 3.92. The molecule has 0 aromatic carbocycles. The number of nitrogens with zero attached hydrogens (tertiary/aromatic N) is 4. The SMILES string of the molecule is Cc1conc1-n1nc2c(N)ccnc2c1C. The number of hydrogen-bond donors (Lipinski definition) is 1. The Labute approximate surface area is 97.0 Å². The van der Waals surface area contributed by atoms with Crippen molar-refractivity contribution in [2.24, 2.45) is 0 Å². The zero-order valence-corrected chi connectivity index (χ0v) is 9.51. The van der Waals surface area contributed by atoms with E-state index in [0.29, 0.717) is 17.0 Å². The van der Waals surface area contributed by atoms with Gasteiger partial charge in [-0.1, -0.05) is 5.16 Å². The summed E-state index contributed by atoms with van der Waals surface area (Å²) in [6.45, 7) is 3.84. The molecule has 0 radical (unpaired) electrons. The lowest BCUT2D eigenvalue weighted by atomic mass is 10.3. The number of pyridine rings is 1. The van der Waals surface area contributed by atoms with Crippen molar-refractivity contribution in [1.29, 1.82) is 0 Å². The standard InChI is InChI=1S/C11H11N5O/c1-6-5-17-15-11(6)16-7(2)9-10(14-16)8(12)3-4-13-9/h3-5H,12H2,1-2H3. The highest BCUT2D eigenvalue weighted by Crippen LogP contribution is 2.23. The number of nitrogens with two attached hydrogens (primary N) is 1. The number of fused-ring (bicyclic) bond motifs is 1. The lowest BCUT2D eigenvalue weighted by Crippen LogP contribution is -2.00. The Balaban J connectivity index is 2.36. The quantitative estimate of drug-likeness (QED) is 0.685. The molecule has 6 heteroatoms. The van der Waals surface area contributed by atoms with E-state index in [1.165, 1.54) is 0 Å². The molecular formula is C11H11N5O. The average Bonchev–Trinajstić information content (AvgIpc) is 2.85. The van der Waals surface area contributed by atoms with Crippen molar-refractivity contribution in [3.05, 3.63) is 29.8 Å². The monoisotopic (exact) mass is 229 g/mol. The van der Waals surface area contributed by atoms with Gasteiger partial charge in [-0.2, -0.15) is 5.10 Å². The van der Waals surface area contributed by atoms with E-state index < -0.39 is 0 Å². The number of aromatic nitrogens is 4. The molecule has 6 nitrogen and oxygen atoms in total. The summed E-state index contributed by atoms with van der Waals surface area (Å²) in [5.74, 6) is 0.667. The summed E-state index contributed by atoms with van der Waals surface area (Å²) < 4.78 is 6.62. The van der Waals surface area contributed by atoms with Crippen LogP contribution in [-0.2, 0) is 0 Å². The lowest BCUT2D eigenvalue weighted by Gasteiger charge is -1.98. The van der Waals surface area contributed by atoms with Gasteiger partial charge in [0, 0.05) is 11.8 Å². The summed E-state index contributed by atoms with van der Waals surface area (Å²) in [4.78, 5) is 4.28. The van der Waals surface area contributed by atoms with Crippen molar-refractivity contribution in [1.82, 2.24) is 19.9 Å². The highest BCUT2D eigenvalue weighted by atomic mass is 16.5. The van der Waals surface area contributed by atoms with Gasteiger partial charge < -0.3 is 10.3 Å². The van der Waals surface area contributed by atoms with E-state index in [1.54, 1.807) is 23.2 Å². The number of rotatable bonds is 1. The predicted molar refractivity (Wildman–Crippen MR) is 62.8 cm³/mol. The van der Waals surface area contributed by atoms with E-state index in [9.17, 15) is 0 Å². The third kappa shape index (κ3) is 1.30. The van der Waals surface area contributed by atoms with Gasteiger partial charge in [0.05, 0.1) is 11.4 Å².